The number of allylic oxidation sites excluding steroid dienone is 2. The Morgan fingerprint density at radius 3 is 2.05 bits per heavy atom. The second-order valence-corrected chi connectivity index (χ2v) is 5.31. The van der Waals surface area contributed by atoms with Crippen LogP contribution in [0.4, 0.5) is 0 Å². The van der Waals surface area contributed by atoms with Crippen LogP contribution in [-0.4, -0.2) is 22.3 Å². The van der Waals surface area contributed by atoms with Crippen molar-refractivity contribution in [3.8, 4) is 0 Å². The van der Waals surface area contributed by atoms with E-state index in [4.69, 9.17) is 10.2 Å². The van der Waals surface area contributed by atoms with Gasteiger partial charge in [0.25, 0.3) is 0 Å². The summed E-state index contributed by atoms with van der Waals surface area (Å²) in [5.74, 6) is -0.695. The Kier molecular flexibility index (Phi) is 13.0. The van der Waals surface area contributed by atoms with Crippen LogP contribution < -0.4 is 0 Å². The molecule has 0 heterocycles. The zero-order valence-electron chi connectivity index (χ0n) is 12.3. The number of unbranched alkanes of at least 4 members (excludes halogenated alkanes) is 7. The molecule has 2 N–H and O–H groups in total. The summed E-state index contributed by atoms with van der Waals surface area (Å²) < 4.78 is 0. The van der Waals surface area contributed by atoms with Gasteiger partial charge in [-0.05, 0) is 45.4 Å². The lowest BCUT2D eigenvalue weighted by atomic mass is 10.1. The molecule has 0 rings (SSSR count). The summed E-state index contributed by atoms with van der Waals surface area (Å²) in [6.07, 6.45) is 15.5. The van der Waals surface area contributed by atoms with Crippen molar-refractivity contribution in [3.63, 3.8) is 0 Å². The maximum absolute atomic E-state index is 10.3. The first-order valence-electron chi connectivity index (χ1n) is 7.67. The molecule has 3 nitrogen and oxygen atoms in total. The molecule has 19 heavy (non-hydrogen) atoms. The van der Waals surface area contributed by atoms with Gasteiger partial charge in [-0.3, -0.25) is 4.79 Å². The predicted octanol–water partition coefficient (Wildman–Crippen LogP) is 4.30. The maximum Gasteiger partial charge on any atom is 0.303 e. The molecule has 0 aliphatic heterocycles. The van der Waals surface area contributed by atoms with Gasteiger partial charge < -0.3 is 10.2 Å². The molecule has 0 aromatic heterocycles. The van der Waals surface area contributed by atoms with Gasteiger partial charge in [-0.2, -0.15) is 0 Å². The molecule has 1 atom stereocenters. The van der Waals surface area contributed by atoms with Crippen LogP contribution in [0.1, 0.15) is 77.6 Å². The fourth-order valence-corrected chi connectivity index (χ4v) is 2.01. The monoisotopic (exact) mass is 270 g/mol. The minimum absolute atomic E-state index is 0.149. The number of aliphatic hydroxyl groups is 1. The Morgan fingerprint density at radius 2 is 1.47 bits per heavy atom. The molecule has 0 saturated carbocycles. The lowest BCUT2D eigenvalue weighted by molar-refractivity contribution is -0.137. The molecule has 0 bridgehead atoms. The van der Waals surface area contributed by atoms with E-state index in [9.17, 15) is 4.79 Å². The van der Waals surface area contributed by atoms with Crippen LogP contribution >= 0.6 is 0 Å². The van der Waals surface area contributed by atoms with Crippen molar-refractivity contribution < 1.29 is 15.0 Å². The van der Waals surface area contributed by atoms with Crippen molar-refractivity contribution in [2.75, 3.05) is 0 Å². The Balaban J connectivity index is 3.10. The van der Waals surface area contributed by atoms with Crippen molar-refractivity contribution in [3.05, 3.63) is 12.2 Å². The van der Waals surface area contributed by atoms with E-state index in [1.807, 2.05) is 6.92 Å². The topological polar surface area (TPSA) is 57.5 Å². The third kappa shape index (κ3) is 17.2. The largest absolute Gasteiger partial charge is 0.481 e. The minimum Gasteiger partial charge on any atom is -0.481 e. The average molecular weight is 270 g/mol. The molecule has 0 amide bonds. The van der Waals surface area contributed by atoms with Gasteiger partial charge in [0.15, 0.2) is 0 Å². The molecule has 0 aliphatic rings. The van der Waals surface area contributed by atoms with E-state index in [0.717, 1.165) is 38.5 Å². The highest BCUT2D eigenvalue weighted by Crippen LogP contribution is 2.09. The Hall–Kier alpha value is -0.830. The van der Waals surface area contributed by atoms with Crippen LogP contribution in [0.2, 0.25) is 0 Å². The van der Waals surface area contributed by atoms with Gasteiger partial charge in [-0.15, -0.1) is 0 Å². The number of aliphatic hydroxyl groups excluding tert-OH is 1. The fourth-order valence-electron chi connectivity index (χ4n) is 2.01. The van der Waals surface area contributed by atoms with Gasteiger partial charge in [0.1, 0.15) is 0 Å². The van der Waals surface area contributed by atoms with Gasteiger partial charge >= 0.3 is 5.97 Å². The minimum atomic E-state index is -0.695. The summed E-state index contributed by atoms with van der Waals surface area (Å²) in [7, 11) is 0. The van der Waals surface area contributed by atoms with Gasteiger partial charge in [0.2, 0.25) is 0 Å². The fraction of sp³-hybridized carbons (Fsp3) is 0.812. The van der Waals surface area contributed by atoms with Gasteiger partial charge in [-0.1, -0.05) is 37.8 Å². The second-order valence-electron chi connectivity index (χ2n) is 5.31. The molecule has 3 heteroatoms. The van der Waals surface area contributed by atoms with E-state index < -0.39 is 5.97 Å². The van der Waals surface area contributed by atoms with Gasteiger partial charge in [0, 0.05) is 6.42 Å². The van der Waals surface area contributed by atoms with Crippen molar-refractivity contribution in [2.45, 2.75) is 83.7 Å². The molecule has 0 aliphatic carbocycles. The summed E-state index contributed by atoms with van der Waals surface area (Å²) in [5.41, 5.74) is 0. The Labute approximate surface area is 117 Å². The molecule has 0 radical (unpaired) electrons. The molecule has 0 fully saturated rings. The van der Waals surface area contributed by atoms with Crippen molar-refractivity contribution in [2.24, 2.45) is 0 Å². The summed E-state index contributed by atoms with van der Waals surface area (Å²) >= 11 is 0. The van der Waals surface area contributed by atoms with E-state index in [1.54, 1.807) is 0 Å². The number of hydrogen-bond donors (Lipinski definition) is 2. The van der Waals surface area contributed by atoms with Crippen LogP contribution in [0.25, 0.3) is 0 Å². The SMILES string of the molecule is CC(O)CCCCCCCC=CCCCCC(=O)O. The molecule has 0 aromatic carbocycles. The van der Waals surface area contributed by atoms with Gasteiger partial charge in [0.05, 0.1) is 6.10 Å². The third-order valence-corrected chi connectivity index (χ3v) is 3.17. The van der Waals surface area contributed by atoms with Crippen molar-refractivity contribution in [1.82, 2.24) is 0 Å². The maximum atomic E-state index is 10.3. The van der Waals surface area contributed by atoms with Crippen LogP contribution in [0.15, 0.2) is 12.2 Å². The first-order valence-corrected chi connectivity index (χ1v) is 7.67. The van der Waals surface area contributed by atoms with Crippen molar-refractivity contribution in [1.29, 1.82) is 0 Å². The molecular weight excluding hydrogens is 240 g/mol. The van der Waals surface area contributed by atoms with Crippen LogP contribution in [0.3, 0.4) is 0 Å². The zero-order chi connectivity index (χ0) is 14.3. The quantitative estimate of drug-likeness (QED) is 0.387. The van der Waals surface area contributed by atoms with E-state index in [0.29, 0.717) is 6.42 Å². The first-order chi connectivity index (χ1) is 9.13. The van der Waals surface area contributed by atoms with Crippen LogP contribution in [0, 0.1) is 0 Å². The zero-order valence-corrected chi connectivity index (χ0v) is 12.3. The lowest BCUT2D eigenvalue weighted by Crippen LogP contribution is -1.98. The number of hydrogen-bond acceptors (Lipinski definition) is 2. The van der Waals surface area contributed by atoms with Crippen molar-refractivity contribution >= 4 is 5.97 Å². The highest BCUT2D eigenvalue weighted by molar-refractivity contribution is 5.66. The number of carboxylic acid groups (broad SMARTS) is 1. The standard InChI is InChI=1S/C16H30O3/c1-15(17)13-11-9-7-5-3-2-4-6-8-10-12-14-16(18)19/h4,6,15,17H,2-3,5,7-14H2,1H3,(H,18,19). The highest BCUT2D eigenvalue weighted by atomic mass is 16.4. The van der Waals surface area contributed by atoms with E-state index in [1.165, 1.54) is 25.7 Å². The Morgan fingerprint density at radius 1 is 0.947 bits per heavy atom. The summed E-state index contributed by atoms with van der Waals surface area (Å²) in [4.78, 5) is 10.3. The van der Waals surface area contributed by atoms with Gasteiger partial charge in [-0.25, -0.2) is 0 Å². The average Bonchev–Trinajstić information content (AvgIpc) is 2.34. The summed E-state index contributed by atoms with van der Waals surface area (Å²) in [6.45, 7) is 1.85. The first kappa shape index (κ1) is 18.2. The smallest absolute Gasteiger partial charge is 0.303 e. The van der Waals surface area contributed by atoms with Crippen LogP contribution in [0.5, 0.6) is 0 Å². The van der Waals surface area contributed by atoms with E-state index in [2.05, 4.69) is 12.2 Å². The molecule has 0 spiro atoms. The molecule has 112 valence electrons. The summed E-state index contributed by atoms with van der Waals surface area (Å²) in [5, 5.41) is 17.6. The number of carbonyl (C=O) groups is 1. The Bertz CT molecular complexity index is 234. The van der Waals surface area contributed by atoms with E-state index in [-0.39, 0.29) is 6.10 Å². The second kappa shape index (κ2) is 13.6. The molecule has 0 aromatic rings. The lowest BCUT2D eigenvalue weighted by Gasteiger charge is -2.03. The molecule has 0 saturated heterocycles. The molecule has 1 unspecified atom stereocenters. The molecular formula is C16H30O3. The highest BCUT2D eigenvalue weighted by Gasteiger charge is 1.95. The normalized spacial score (nSPS) is 12.9. The summed E-state index contributed by atoms with van der Waals surface area (Å²) in [6, 6.07) is 0. The third-order valence-electron chi connectivity index (χ3n) is 3.17. The number of aliphatic carboxylic acids is 1. The number of carboxylic acids is 1. The van der Waals surface area contributed by atoms with E-state index >= 15 is 0 Å². The van der Waals surface area contributed by atoms with Crippen LogP contribution in [-0.2, 0) is 4.79 Å². The predicted molar refractivity (Wildman–Crippen MR) is 79.2 cm³/mol. The number of rotatable bonds is 13.